The molecule has 0 bridgehead atoms. The molecular formula is C20H22N2O3S. The number of aryl methyl sites for hydroxylation is 2. The SMILES string of the molecule is CCc1ccc(N2C(=O)N(c3ccc(C)cc3)[C@H]3CS(=O)(=O)C[C@H]32)cc1. The van der Waals surface area contributed by atoms with Crippen molar-refractivity contribution in [3.63, 3.8) is 0 Å². The van der Waals surface area contributed by atoms with E-state index in [-0.39, 0.29) is 29.6 Å². The lowest BCUT2D eigenvalue weighted by atomic mass is 10.1. The molecule has 2 heterocycles. The van der Waals surface area contributed by atoms with Crippen LogP contribution in [0, 0.1) is 6.92 Å². The van der Waals surface area contributed by atoms with Crippen LogP contribution in [0.15, 0.2) is 48.5 Å². The third-order valence-corrected chi connectivity index (χ3v) is 7.00. The number of nitrogens with zero attached hydrogens (tertiary/aromatic N) is 2. The molecule has 2 fully saturated rings. The van der Waals surface area contributed by atoms with Gasteiger partial charge in [0.1, 0.15) is 0 Å². The average Bonchev–Trinajstić information content (AvgIpc) is 3.05. The largest absolute Gasteiger partial charge is 0.329 e. The lowest BCUT2D eigenvalue weighted by Crippen LogP contribution is -2.37. The van der Waals surface area contributed by atoms with E-state index in [1.165, 1.54) is 5.56 Å². The first kappa shape index (κ1) is 17.1. The molecule has 26 heavy (non-hydrogen) atoms. The smallest absolute Gasteiger partial charge is 0.288 e. The molecule has 2 aromatic carbocycles. The molecule has 2 amide bonds. The summed E-state index contributed by atoms with van der Waals surface area (Å²) in [6.07, 6.45) is 0.921. The van der Waals surface area contributed by atoms with Crippen molar-refractivity contribution in [2.75, 3.05) is 21.3 Å². The molecule has 5 nitrogen and oxygen atoms in total. The van der Waals surface area contributed by atoms with E-state index in [1.807, 2.05) is 55.5 Å². The minimum atomic E-state index is -3.17. The third kappa shape index (κ3) is 2.78. The lowest BCUT2D eigenvalue weighted by Gasteiger charge is -2.23. The van der Waals surface area contributed by atoms with Gasteiger partial charge in [-0.3, -0.25) is 9.80 Å². The van der Waals surface area contributed by atoms with E-state index in [4.69, 9.17) is 0 Å². The summed E-state index contributed by atoms with van der Waals surface area (Å²) in [5.41, 5.74) is 3.80. The molecule has 6 heteroatoms. The van der Waals surface area contributed by atoms with Crippen LogP contribution in [0.3, 0.4) is 0 Å². The Kier molecular flexibility index (Phi) is 4.03. The summed E-state index contributed by atoms with van der Waals surface area (Å²) in [4.78, 5) is 16.5. The Hall–Kier alpha value is -2.34. The topological polar surface area (TPSA) is 57.7 Å². The summed E-state index contributed by atoms with van der Waals surface area (Å²) in [5.74, 6) is 0.0299. The zero-order chi connectivity index (χ0) is 18.5. The summed E-state index contributed by atoms with van der Waals surface area (Å²) in [5, 5.41) is 0. The zero-order valence-electron chi connectivity index (χ0n) is 14.9. The van der Waals surface area contributed by atoms with Crippen molar-refractivity contribution >= 4 is 27.2 Å². The molecule has 0 spiro atoms. The molecule has 0 aliphatic carbocycles. The second-order valence-electron chi connectivity index (χ2n) is 7.09. The van der Waals surface area contributed by atoms with Crippen LogP contribution in [0.25, 0.3) is 0 Å². The highest BCUT2D eigenvalue weighted by Crippen LogP contribution is 2.38. The van der Waals surface area contributed by atoms with Crippen LogP contribution in [-0.2, 0) is 16.3 Å². The van der Waals surface area contributed by atoms with Gasteiger partial charge in [0.25, 0.3) is 0 Å². The molecule has 2 atom stereocenters. The summed E-state index contributed by atoms with van der Waals surface area (Å²) in [6.45, 7) is 4.06. The molecule has 0 aromatic heterocycles. The Morgan fingerprint density at radius 2 is 1.35 bits per heavy atom. The highest BCUT2D eigenvalue weighted by atomic mass is 32.2. The average molecular weight is 370 g/mol. The van der Waals surface area contributed by atoms with E-state index in [9.17, 15) is 13.2 Å². The minimum Gasteiger partial charge on any atom is -0.288 e. The number of urea groups is 1. The summed E-state index contributed by atoms with van der Waals surface area (Å²) >= 11 is 0. The Morgan fingerprint density at radius 1 is 0.885 bits per heavy atom. The first-order valence-electron chi connectivity index (χ1n) is 8.88. The van der Waals surface area contributed by atoms with Crippen molar-refractivity contribution in [3.05, 3.63) is 59.7 Å². The van der Waals surface area contributed by atoms with Gasteiger partial charge in [-0.15, -0.1) is 0 Å². The first-order chi connectivity index (χ1) is 12.4. The molecule has 0 radical (unpaired) electrons. The minimum absolute atomic E-state index is 0.0147. The summed E-state index contributed by atoms with van der Waals surface area (Å²) < 4.78 is 24.6. The lowest BCUT2D eigenvalue weighted by molar-refractivity contribution is 0.255. The molecule has 0 unspecified atom stereocenters. The van der Waals surface area contributed by atoms with Crippen molar-refractivity contribution in [2.45, 2.75) is 32.4 Å². The van der Waals surface area contributed by atoms with Crippen molar-refractivity contribution in [1.29, 1.82) is 0 Å². The van der Waals surface area contributed by atoms with Gasteiger partial charge in [-0.25, -0.2) is 13.2 Å². The Morgan fingerprint density at radius 3 is 1.81 bits per heavy atom. The number of rotatable bonds is 3. The van der Waals surface area contributed by atoms with Gasteiger partial charge < -0.3 is 0 Å². The fraction of sp³-hybridized carbons (Fsp3) is 0.350. The second-order valence-corrected chi connectivity index (χ2v) is 9.24. The van der Waals surface area contributed by atoms with Crippen LogP contribution >= 0.6 is 0 Å². The van der Waals surface area contributed by atoms with E-state index in [1.54, 1.807) is 9.80 Å². The molecule has 136 valence electrons. The Bertz CT molecular complexity index is 936. The number of hydrogen-bond acceptors (Lipinski definition) is 3. The molecule has 4 rings (SSSR count). The van der Waals surface area contributed by atoms with Crippen LogP contribution < -0.4 is 9.80 Å². The van der Waals surface area contributed by atoms with Crippen molar-refractivity contribution in [3.8, 4) is 0 Å². The van der Waals surface area contributed by atoms with E-state index in [0.717, 1.165) is 23.4 Å². The van der Waals surface area contributed by atoms with Crippen molar-refractivity contribution in [1.82, 2.24) is 0 Å². The summed E-state index contributed by atoms with van der Waals surface area (Å²) in [6, 6.07) is 14.6. The first-order valence-corrected chi connectivity index (χ1v) is 10.7. The number of benzene rings is 2. The van der Waals surface area contributed by atoms with Crippen LogP contribution in [0.5, 0.6) is 0 Å². The van der Waals surface area contributed by atoms with Crippen LogP contribution in [0.1, 0.15) is 18.1 Å². The number of sulfone groups is 1. The van der Waals surface area contributed by atoms with Crippen molar-refractivity contribution < 1.29 is 13.2 Å². The predicted molar refractivity (Wildman–Crippen MR) is 104 cm³/mol. The normalized spacial score (nSPS) is 24.2. The maximum atomic E-state index is 13.2. The monoisotopic (exact) mass is 370 g/mol. The fourth-order valence-corrected chi connectivity index (χ4v) is 5.82. The van der Waals surface area contributed by atoms with E-state index in [2.05, 4.69) is 6.92 Å². The Labute approximate surface area is 154 Å². The molecule has 2 aliphatic rings. The maximum Gasteiger partial charge on any atom is 0.329 e. The van der Waals surface area contributed by atoms with Crippen LogP contribution in [-0.4, -0.2) is 38.0 Å². The molecule has 2 aromatic rings. The standard InChI is InChI=1S/C20H22N2O3S/c1-3-15-6-10-17(11-7-15)22-19-13-26(24,25)12-18(19)21(20(22)23)16-8-4-14(2)5-9-16/h4-11,18-19H,3,12-13H2,1-2H3/t18-,19+/m0/s1. The summed E-state index contributed by atoms with van der Waals surface area (Å²) in [7, 11) is -3.17. The molecule has 0 saturated carbocycles. The van der Waals surface area contributed by atoms with E-state index >= 15 is 0 Å². The molecule has 2 aliphatic heterocycles. The predicted octanol–water partition coefficient (Wildman–Crippen LogP) is 3.17. The van der Waals surface area contributed by atoms with Gasteiger partial charge in [-0.05, 0) is 43.2 Å². The van der Waals surface area contributed by atoms with Gasteiger partial charge in [0, 0.05) is 11.4 Å². The van der Waals surface area contributed by atoms with Crippen molar-refractivity contribution in [2.24, 2.45) is 0 Å². The number of amides is 2. The quantitative estimate of drug-likeness (QED) is 0.780. The third-order valence-electron chi connectivity index (χ3n) is 5.30. The maximum absolute atomic E-state index is 13.2. The van der Waals surface area contributed by atoms with Gasteiger partial charge in [0.2, 0.25) is 0 Å². The van der Waals surface area contributed by atoms with E-state index < -0.39 is 9.84 Å². The fourth-order valence-electron chi connectivity index (χ4n) is 3.90. The molecule has 0 N–H and O–H groups in total. The number of anilines is 2. The number of fused-ring (bicyclic) bond motifs is 1. The van der Waals surface area contributed by atoms with Gasteiger partial charge in [-0.2, -0.15) is 0 Å². The molecule has 2 saturated heterocycles. The molecular weight excluding hydrogens is 348 g/mol. The highest BCUT2D eigenvalue weighted by molar-refractivity contribution is 7.91. The number of carbonyl (C=O) groups is 1. The number of hydrogen-bond donors (Lipinski definition) is 0. The Balaban J connectivity index is 1.77. The van der Waals surface area contributed by atoms with Gasteiger partial charge >= 0.3 is 6.03 Å². The van der Waals surface area contributed by atoms with Gasteiger partial charge in [0.15, 0.2) is 9.84 Å². The van der Waals surface area contributed by atoms with Gasteiger partial charge in [0.05, 0.1) is 23.6 Å². The van der Waals surface area contributed by atoms with E-state index in [0.29, 0.717) is 0 Å². The van der Waals surface area contributed by atoms with Crippen LogP contribution in [0.4, 0.5) is 16.2 Å². The van der Waals surface area contributed by atoms with Crippen LogP contribution in [0.2, 0.25) is 0 Å². The highest BCUT2D eigenvalue weighted by Gasteiger charge is 2.54. The number of carbonyl (C=O) groups excluding carboxylic acids is 1. The van der Waals surface area contributed by atoms with Gasteiger partial charge in [-0.1, -0.05) is 36.8 Å². The second kappa shape index (κ2) is 6.13. The zero-order valence-corrected chi connectivity index (χ0v) is 15.7.